The van der Waals surface area contributed by atoms with Gasteiger partial charge < -0.3 is 9.80 Å². The Balaban J connectivity index is 1.63. The molecular weight excluding hydrogens is 324 g/mol. The van der Waals surface area contributed by atoms with Crippen LogP contribution >= 0.6 is 0 Å². The first-order valence-electron chi connectivity index (χ1n) is 8.89. The van der Waals surface area contributed by atoms with Crippen molar-refractivity contribution in [3.05, 3.63) is 59.7 Å². The zero-order valence-electron chi connectivity index (χ0n) is 15.7. The number of benzene rings is 2. The smallest absolute Gasteiger partial charge is 0.264 e. The Kier molecular flexibility index (Phi) is 3.75. The zero-order chi connectivity index (χ0) is 18.5. The molecule has 134 valence electrons. The summed E-state index contributed by atoms with van der Waals surface area (Å²) in [5.41, 5.74) is 4.36. The molecule has 0 bridgehead atoms. The first kappa shape index (κ1) is 16.6. The van der Waals surface area contributed by atoms with Gasteiger partial charge in [0.25, 0.3) is 5.91 Å². The fourth-order valence-electron chi connectivity index (χ4n) is 4.01. The monoisotopic (exact) mass is 348 g/mol. The average molecular weight is 348 g/mol. The summed E-state index contributed by atoms with van der Waals surface area (Å²) >= 11 is 0. The Labute approximate surface area is 154 Å². The third kappa shape index (κ3) is 2.46. The lowest BCUT2D eigenvalue weighted by molar-refractivity contribution is -0.128. The van der Waals surface area contributed by atoms with Crippen LogP contribution in [-0.4, -0.2) is 43.9 Å². The van der Waals surface area contributed by atoms with E-state index in [4.69, 9.17) is 0 Å². The molecule has 0 spiro atoms. The van der Waals surface area contributed by atoms with Crippen molar-refractivity contribution >= 4 is 23.5 Å². The molecule has 26 heavy (non-hydrogen) atoms. The molecule has 2 heterocycles. The van der Waals surface area contributed by atoms with E-state index in [0.717, 1.165) is 16.9 Å². The highest BCUT2D eigenvalue weighted by molar-refractivity contribution is 5.90. The van der Waals surface area contributed by atoms with Gasteiger partial charge in [0.1, 0.15) is 12.7 Å². The van der Waals surface area contributed by atoms with Gasteiger partial charge in [-0.2, -0.15) is 5.10 Å². The van der Waals surface area contributed by atoms with Crippen molar-refractivity contribution in [3.63, 3.8) is 0 Å². The van der Waals surface area contributed by atoms with Gasteiger partial charge in [-0.1, -0.05) is 44.2 Å². The Bertz CT molecular complexity index is 870. The van der Waals surface area contributed by atoms with Gasteiger partial charge in [-0.3, -0.25) is 4.79 Å². The van der Waals surface area contributed by atoms with Gasteiger partial charge in [-0.15, -0.1) is 0 Å². The van der Waals surface area contributed by atoms with Crippen LogP contribution in [0.25, 0.3) is 0 Å². The molecule has 2 aromatic rings. The maximum atomic E-state index is 12.6. The summed E-state index contributed by atoms with van der Waals surface area (Å²) in [6.07, 6.45) is 1.70. The first-order chi connectivity index (χ1) is 12.4. The maximum Gasteiger partial charge on any atom is 0.264 e. The molecule has 0 aromatic heterocycles. The van der Waals surface area contributed by atoms with Crippen LogP contribution in [0.3, 0.4) is 0 Å². The third-order valence-corrected chi connectivity index (χ3v) is 5.38. The van der Waals surface area contributed by atoms with E-state index in [1.54, 1.807) is 11.2 Å². The van der Waals surface area contributed by atoms with E-state index in [9.17, 15) is 4.79 Å². The predicted molar refractivity (Wildman–Crippen MR) is 106 cm³/mol. The van der Waals surface area contributed by atoms with Crippen molar-refractivity contribution in [2.75, 3.05) is 30.4 Å². The summed E-state index contributed by atoms with van der Waals surface area (Å²) in [5, 5.41) is 6.23. The van der Waals surface area contributed by atoms with Crippen LogP contribution in [0.2, 0.25) is 0 Å². The van der Waals surface area contributed by atoms with E-state index in [-0.39, 0.29) is 17.5 Å². The van der Waals surface area contributed by atoms with Crippen molar-refractivity contribution in [3.8, 4) is 0 Å². The number of fused-ring (bicyclic) bond motifs is 3. The third-order valence-electron chi connectivity index (χ3n) is 5.38. The lowest BCUT2D eigenvalue weighted by Gasteiger charge is -2.32. The number of nitrogens with zero attached hydrogens (tertiary/aromatic N) is 4. The Hall–Kier alpha value is -2.82. The van der Waals surface area contributed by atoms with Crippen molar-refractivity contribution in [1.29, 1.82) is 0 Å². The summed E-state index contributed by atoms with van der Waals surface area (Å²) in [5.74, 6) is 0.0405. The van der Waals surface area contributed by atoms with E-state index in [2.05, 4.69) is 59.1 Å². The number of rotatable bonds is 3. The second-order valence-corrected chi connectivity index (χ2v) is 7.71. The second kappa shape index (κ2) is 5.87. The molecule has 4 rings (SSSR count). The summed E-state index contributed by atoms with van der Waals surface area (Å²) in [6, 6.07) is 16.5. The van der Waals surface area contributed by atoms with Gasteiger partial charge in [-0.05, 0) is 29.3 Å². The van der Waals surface area contributed by atoms with Gasteiger partial charge in [0.15, 0.2) is 0 Å². The van der Waals surface area contributed by atoms with E-state index in [1.807, 2.05) is 32.3 Å². The van der Waals surface area contributed by atoms with Crippen LogP contribution < -0.4 is 9.80 Å². The van der Waals surface area contributed by atoms with E-state index < -0.39 is 0 Å². The fraction of sp³-hybridized carbons (Fsp3) is 0.333. The minimum absolute atomic E-state index is 0.0405. The predicted octanol–water partition coefficient (Wildman–Crippen LogP) is 3.05. The molecule has 2 aliphatic rings. The number of carbonyl (C=O) groups excluding carboxylic acids is 1. The molecule has 0 radical (unpaired) electrons. The number of anilines is 2. The maximum absolute atomic E-state index is 12.6. The molecule has 0 N–H and O–H groups in total. The lowest BCUT2D eigenvalue weighted by Crippen LogP contribution is -2.45. The number of hydrogen-bond donors (Lipinski definition) is 0. The molecule has 0 aliphatic carbocycles. The van der Waals surface area contributed by atoms with Gasteiger partial charge >= 0.3 is 0 Å². The first-order valence-corrected chi connectivity index (χ1v) is 8.89. The molecule has 5 nitrogen and oxygen atoms in total. The van der Waals surface area contributed by atoms with E-state index in [1.165, 1.54) is 5.56 Å². The van der Waals surface area contributed by atoms with Gasteiger partial charge in [0.2, 0.25) is 0 Å². The van der Waals surface area contributed by atoms with E-state index >= 15 is 0 Å². The topological polar surface area (TPSA) is 39.1 Å². The molecule has 1 saturated heterocycles. The molecule has 5 heteroatoms. The fourth-order valence-corrected chi connectivity index (χ4v) is 4.01. The van der Waals surface area contributed by atoms with Crippen molar-refractivity contribution in [2.24, 2.45) is 5.10 Å². The van der Waals surface area contributed by atoms with Crippen molar-refractivity contribution in [1.82, 2.24) is 5.01 Å². The highest BCUT2D eigenvalue weighted by atomic mass is 16.2. The molecule has 1 unspecified atom stereocenters. The van der Waals surface area contributed by atoms with Crippen molar-refractivity contribution < 1.29 is 4.79 Å². The van der Waals surface area contributed by atoms with Crippen LogP contribution in [0.4, 0.5) is 11.4 Å². The summed E-state index contributed by atoms with van der Waals surface area (Å²) in [6.45, 7) is 4.75. The van der Waals surface area contributed by atoms with Crippen LogP contribution in [-0.2, 0) is 10.2 Å². The lowest BCUT2D eigenvalue weighted by atomic mass is 9.84. The minimum atomic E-state index is -0.172. The summed E-state index contributed by atoms with van der Waals surface area (Å²) in [4.78, 5) is 16.8. The molecule has 1 amide bonds. The molecule has 1 atom stereocenters. The molecular formula is C21H24N4O. The second-order valence-electron chi connectivity index (χ2n) is 7.71. The number of hydrogen-bond acceptors (Lipinski definition) is 4. The zero-order valence-corrected chi connectivity index (χ0v) is 15.7. The number of para-hydroxylation sites is 1. The number of hydrazone groups is 1. The van der Waals surface area contributed by atoms with Crippen LogP contribution in [0.1, 0.15) is 25.0 Å². The van der Waals surface area contributed by atoms with Gasteiger partial charge in [-0.25, -0.2) is 5.01 Å². The van der Waals surface area contributed by atoms with Crippen LogP contribution in [0, 0.1) is 0 Å². The molecule has 0 saturated carbocycles. The van der Waals surface area contributed by atoms with E-state index in [0.29, 0.717) is 6.54 Å². The van der Waals surface area contributed by atoms with Gasteiger partial charge in [0.05, 0.1) is 6.21 Å². The Morgan fingerprint density at radius 3 is 2.50 bits per heavy atom. The van der Waals surface area contributed by atoms with Gasteiger partial charge in [0, 0.05) is 30.9 Å². The largest absolute Gasteiger partial charge is 0.378 e. The summed E-state index contributed by atoms with van der Waals surface area (Å²) < 4.78 is 0. The van der Waals surface area contributed by atoms with Crippen LogP contribution in [0.15, 0.2) is 53.6 Å². The number of carbonyl (C=O) groups is 1. The standard InChI is InChI=1S/C21H24N4O/c1-21(2)17-7-5-6-8-18(17)24-14-19(26)25(20(21)24)22-13-15-9-11-16(12-10-15)23(3)4/h5-13,20H,14H2,1-4H3/b22-13+. The SMILES string of the molecule is CN(C)c1ccc(/C=N/N2C(=O)CN3c4ccccc4C(C)(C)C23)cc1. The summed E-state index contributed by atoms with van der Waals surface area (Å²) in [7, 11) is 4.03. The molecule has 2 aliphatic heterocycles. The highest BCUT2D eigenvalue weighted by Gasteiger charge is 2.53. The highest BCUT2D eigenvalue weighted by Crippen LogP contribution is 2.48. The number of amides is 1. The quantitative estimate of drug-likeness (QED) is 0.801. The van der Waals surface area contributed by atoms with Crippen LogP contribution in [0.5, 0.6) is 0 Å². The Morgan fingerprint density at radius 1 is 1.12 bits per heavy atom. The normalized spacial score (nSPS) is 20.6. The minimum Gasteiger partial charge on any atom is -0.378 e. The Morgan fingerprint density at radius 2 is 1.81 bits per heavy atom. The molecule has 1 fully saturated rings. The van der Waals surface area contributed by atoms with Crippen molar-refractivity contribution in [2.45, 2.75) is 25.4 Å². The molecule has 2 aromatic carbocycles. The average Bonchev–Trinajstić information content (AvgIpc) is 3.07.